The first-order valence-corrected chi connectivity index (χ1v) is 8.70. The maximum atomic E-state index is 13.1. The Labute approximate surface area is 135 Å². The largest absolute Gasteiger partial charge is 0.349 e. The molecule has 1 amide bonds. The van der Waals surface area contributed by atoms with E-state index < -0.39 is 5.92 Å². The van der Waals surface area contributed by atoms with Crippen molar-refractivity contribution in [1.29, 1.82) is 0 Å². The van der Waals surface area contributed by atoms with Crippen molar-refractivity contribution < 1.29 is 13.6 Å². The summed E-state index contributed by atoms with van der Waals surface area (Å²) in [4.78, 5) is 12.5. The van der Waals surface area contributed by atoms with Crippen LogP contribution in [-0.4, -0.2) is 11.8 Å². The van der Waals surface area contributed by atoms with E-state index in [4.69, 9.17) is 0 Å². The highest BCUT2D eigenvalue weighted by atomic mass is 19.3. The van der Waals surface area contributed by atoms with Crippen LogP contribution in [-0.2, 0) is 4.79 Å². The van der Waals surface area contributed by atoms with Crippen molar-refractivity contribution in [3.8, 4) is 0 Å². The molecular formula is C19H23F2NO. The average molecular weight is 319 g/mol. The van der Waals surface area contributed by atoms with Gasteiger partial charge in [0, 0.05) is 18.8 Å². The highest BCUT2D eigenvalue weighted by Gasteiger charge is 2.63. The normalized spacial score (nSPS) is 26.7. The molecule has 4 rings (SSSR count). The molecule has 0 heterocycles. The number of carbonyl (C=O) groups is 1. The van der Waals surface area contributed by atoms with Crippen molar-refractivity contribution in [3.63, 3.8) is 0 Å². The Bertz CT molecular complexity index is 581. The number of carbonyl (C=O) groups excluding carboxylic acids is 1. The molecule has 1 N–H and O–H groups in total. The van der Waals surface area contributed by atoms with Gasteiger partial charge in [-0.15, -0.1) is 0 Å². The lowest BCUT2D eigenvalue weighted by molar-refractivity contribution is -0.207. The van der Waals surface area contributed by atoms with Crippen LogP contribution in [0.1, 0.15) is 56.6 Å². The number of halogens is 2. The summed E-state index contributed by atoms with van der Waals surface area (Å²) in [6.45, 7) is 0. The SMILES string of the molecule is O=C(NC(c1ccccc1)C1CCC1)C1CC2(C1)CC(F)(F)C2. The number of amides is 1. The topological polar surface area (TPSA) is 29.1 Å². The van der Waals surface area contributed by atoms with Crippen molar-refractivity contribution >= 4 is 5.91 Å². The molecule has 3 fully saturated rings. The summed E-state index contributed by atoms with van der Waals surface area (Å²) in [5.41, 5.74) is 0.930. The van der Waals surface area contributed by atoms with Crippen LogP contribution in [0.15, 0.2) is 30.3 Å². The maximum Gasteiger partial charge on any atom is 0.249 e. The second-order valence-corrected chi connectivity index (χ2v) is 7.90. The Balaban J connectivity index is 1.37. The van der Waals surface area contributed by atoms with Crippen LogP contribution in [0, 0.1) is 17.3 Å². The molecule has 0 aliphatic heterocycles. The number of hydrogen-bond donors (Lipinski definition) is 1. The van der Waals surface area contributed by atoms with Crippen LogP contribution >= 0.6 is 0 Å². The summed E-state index contributed by atoms with van der Waals surface area (Å²) in [6, 6.07) is 10.2. The first-order chi connectivity index (χ1) is 11.0. The number of benzene rings is 1. The minimum atomic E-state index is -2.49. The number of alkyl halides is 2. The minimum Gasteiger partial charge on any atom is -0.349 e. The molecule has 0 saturated heterocycles. The molecule has 2 nitrogen and oxygen atoms in total. The molecular weight excluding hydrogens is 296 g/mol. The molecule has 1 aromatic carbocycles. The van der Waals surface area contributed by atoms with E-state index in [0.717, 1.165) is 18.4 Å². The highest BCUT2D eigenvalue weighted by molar-refractivity contribution is 5.80. The van der Waals surface area contributed by atoms with Gasteiger partial charge in [0.2, 0.25) is 11.8 Å². The molecule has 3 aliphatic carbocycles. The van der Waals surface area contributed by atoms with E-state index in [1.165, 1.54) is 6.42 Å². The van der Waals surface area contributed by atoms with Crippen LogP contribution in [0.4, 0.5) is 8.78 Å². The van der Waals surface area contributed by atoms with E-state index in [0.29, 0.717) is 18.8 Å². The smallest absolute Gasteiger partial charge is 0.249 e. The van der Waals surface area contributed by atoms with Crippen molar-refractivity contribution in [2.75, 3.05) is 0 Å². The molecule has 1 aromatic rings. The van der Waals surface area contributed by atoms with Crippen LogP contribution in [0.2, 0.25) is 0 Å². The highest BCUT2D eigenvalue weighted by Crippen LogP contribution is 2.64. The second-order valence-electron chi connectivity index (χ2n) is 7.90. The summed E-state index contributed by atoms with van der Waals surface area (Å²) in [7, 11) is 0. The number of rotatable bonds is 4. The first-order valence-electron chi connectivity index (χ1n) is 8.70. The number of hydrogen-bond acceptors (Lipinski definition) is 1. The summed E-state index contributed by atoms with van der Waals surface area (Å²) < 4.78 is 26.1. The maximum absolute atomic E-state index is 13.1. The fourth-order valence-corrected chi connectivity index (χ4v) is 4.68. The summed E-state index contributed by atoms with van der Waals surface area (Å²) in [6.07, 6.45) is 4.77. The standard InChI is InChI=1S/C19H23F2NO/c20-19(21)11-18(12-19)9-15(10-18)17(23)22-16(14-7-4-8-14)13-5-2-1-3-6-13/h1-3,5-6,14-16H,4,7-12H2,(H,22,23). The van der Waals surface area contributed by atoms with E-state index in [9.17, 15) is 13.6 Å². The van der Waals surface area contributed by atoms with Crippen molar-refractivity contribution in [1.82, 2.24) is 5.32 Å². The summed E-state index contributed by atoms with van der Waals surface area (Å²) >= 11 is 0. The zero-order valence-corrected chi connectivity index (χ0v) is 13.2. The first kappa shape index (κ1) is 15.1. The Morgan fingerprint density at radius 3 is 2.30 bits per heavy atom. The molecule has 0 bridgehead atoms. The monoisotopic (exact) mass is 319 g/mol. The van der Waals surface area contributed by atoms with Gasteiger partial charge in [0.05, 0.1) is 6.04 Å². The summed E-state index contributed by atoms with van der Waals surface area (Å²) in [5, 5.41) is 3.22. The summed E-state index contributed by atoms with van der Waals surface area (Å²) in [5.74, 6) is -1.98. The molecule has 124 valence electrons. The molecule has 3 aliphatic rings. The van der Waals surface area contributed by atoms with Crippen LogP contribution in [0.25, 0.3) is 0 Å². The second kappa shape index (κ2) is 5.29. The van der Waals surface area contributed by atoms with Crippen LogP contribution in [0.5, 0.6) is 0 Å². The van der Waals surface area contributed by atoms with Gasteiger partial charge < -0.3 is 5.32 Å². The fourth-order valence-electron chi connectivity index (χ4n) is 4.68. The van der Waals surface area contributed by atoms with E-state index in [1.54, 1.807) is 0 Å². The Hall–Kier alpha value is -1.45. The third-order valence-corrected chi connectivity index (χ3v) is 6.07. The van der Waals surface area contributed by atoms with Gasteiger partial charge in [-0.05, 0) is 42.6 Å². The molecule has 0 aromatic heterocycles. The van der Waals surface area contributed by atoms with Gasteiger partial charge in [-0.1, -0.05) is 36.8 Å². The zero-order chi connectivity index (χ0) is 16.1. The van der Waals surface area contributed by atoms with Gasteiger partial charge in [-0.25, -0.2) is 8.78 Å². The zero-order valence-electron chi connectivity index (χ0n) is 13.2. The molecule has 3 saturated carbocycles. The van der Waals surface area contributed by atoms with Crippen LogP contribution < -0.4 is 5.32 Å². The Morgan fingerprint density at radius 1 is 1.13 bits per heavy atom. The van der Waals surface area contributed by atoms with Gasteiger partial charge in [0.25, 0.3) is 0 Å². The molecule has 1 spiro atoms. The van der Waals surface area contributed by atoms with Gasteiger partial charge >= 0.3 is 0 Å². The lowest BCUT2D eigenvalue weighted by atomic mass is 9.50. The third kappa shape index (κ3) is 2.77. The molecule has 0 radical (unpaired) electrons. The lowest BCUT2D eigenvalue weighted by Crippen LogP contribution is -2.57. The average Bonchev–Trinajstić information content (AvgIpc) is 2.40. The predicted octanol–water partition coefficient (Wildman–Crippen LogP) is 4.47. The van der Waals surface area contributed by atoms with Gasteiger partial charge in [-0.2, -0.15) is 0 Å². The lowest BCUT2D eigenvalue weighted by Gasteiger charge is -2.56. The van der Waals surface area contributed by atoms with Gasteiger partial charge in [-0.3, -0.25) is 4.79 Å². The molecule has 4 heteroatoms. The number of nitrogens with one attached hydrogen (secondary N) is 1. The van der Waals surface area contributed by atoms with Crippen molar-refractivity contribution in [2.45, 2.75) is 56.9 Å². The minimum absolute atomic E-state index is 0.0193. The van der Waals surface area contributed by atoms with E-state index in [-0.39, 0.29) is 36.1 Å². The third-order valence-electron chi connectivity index (χ3n) is 6.07. The van der Waals surface area contributed by atoms with Crippen LogP contribution in [0.3, 0.4) is 0 Å². The fraction of sp³-hybridized carbons (Fsp3) is 0.632. The molecule has 1 unspecified atom stereocenters. The van der Waals surface area contributed by atoms with E-state index >= 15 is 0 Å². The van der Waals surface area contributed by atoms with E-state index in [1.807, 2.05) is 18.2 Å². The Kier molecular flexibility index (Phi) is 3.47. The van der Waals surface area contributed by atoms with Gasteiger partial charge in [0.15, 0.2) is 0 Å². The Morgan fingerprint density at radius 2 is 1.78 bits per heavy atom. The molecule has 1 atom stereocenters. The predicted molar refractivity (Wildman–Crippen MR) is 84.0 cm³/mol. The van der Waals surface area contributed by atoms with E-state index in [2.05, 4.69) is 17.4 Å². The van der Waals surface area contributed by atoms with Gasteiger partial charge in [0.1, 0.15) is 0 Å². The van der Waals surface area contributed by atoms with Crippen molar-refractivity contribution in [3.05, 3.63) is 35.9 Å². The quantitative estimate of drug-likeness (QED) is 0.871. The molecule has 23 heavy (non-hydrogen) atoms. The van der Waals surface area contributed by atoms with Crippen molar-refractivity contribution in [2.24, 2.45) is 17.3 Å².